The Labute approximate surface area is 53.2 Å². The van der Waals surface area contributed by atoms with Crippen LogP contribution in [-0.4, -0.2) is 0 Å². The topological polar surface area (TPSA) is 0 Å². The first-order valence-electron chi connectivity index (χ1n) is 0.975. The van der Waals surface area contributed by atoms with Gasteiger partial charge in [-0.1, -0.05) is 0 Å². The van der Waals surface area contributed by atoms with Crippen molar-refractivity contribution in [2.24, 2.45) is 0 Å². The molecule has 0 saturated carbocycles. The summed E-state index contributed by atoms with van der Waals surface area (Å²) in [5.74, 6) is 0. The van der Waals surface area contributed by atoms with E-state index in [1.165, 1.54) is 0 Å². The molecule has 0 aromatic rings. The summed E-state index contributed by atoms with van der Waals surface area (Å²) in [4.78, 5) is 0. The summed E-state index contributed by atoms with van der Waals surface area (Å²) in [6.07, 6.45) is 0. The van der Waals surface area contributed by atoms with Crippen molar-refractivity contribution in [2.75, 3.05) is 0 Å². The van der Waals surface area contributed by atoms with Gasteiger partial charge in [-0.15, -0.1) is 0 Å². The maximum Gasteiger partial charge on any atom is 2.00 e. The molecule has 0 radical (unpaired) electrons. The zero-order valence-corrected chi connectivity index (χ0v) is 6.59. The summed E-state index contributed by atoms with van der Waals surface area (Å²) in [6.45, 7) is 3.92. The van der Waals surface area contributed by atoms with Gasteiger partial charge in [-0.2, -0.15) is 0 Å². The van der Waals surface area contributed by atoms with Crippen LogP contribution in [0.3, 0.4) is 0 Å². The van der Waals surface area contributed by atoms with Gasteiger partial charge in [0.2, 0.25) is 0 Å². The Bertz CT molecular complexity index is 21.4. The number of halogens is 3. The molecule has 7 heavy (non-hydrogen) atoms. The van der Waals surface area contributed by atoms with Gasteiger partial charge in [-0.25, -0.2) is 0 Å². The fourth-order valence-electron chi connectivity index (χ4n) is 0. The van der Waals surface area contributed by atoms with Gasteiger partial charge >= 0.3 is 19.5 Å². The van der Waals surface area contributed by atoms with Crippen LogP contribution in [0.15, 0.2) is 6.58 Å². The molecular formula is C3H3F3Zn. The molecule has 0 spiro atoms. The van der Waals surface area contributed by atoms with Gasteiger partial charge in [0, 0.05) is 0 Å². The van der Waals surface area contributed by atoms with Crippen molar-refractivity contribution in [3.05, 3.63) is 19.8 Å². The van der Waals surface area contributed by atoms with Crippen LogP contribution in [-0.2, 0) is 19.5 Å². The molecule has 0 saturated heterocycles. The summed E-state index contributed by atoms with van der Waals surface area (Å²) >= 11 is 0. The van der Waals surface area contributed by atoms with E-state index < -0.39 is 6.68 Å². The molecule has 0 rings (SSSR count). The minimum absolute atomic E-state index is 0. The van der Waals surface area contributed by atoms with Crippen LogP contribution in [0.25, 0.3) is 0 Å². The van der Waals surface area contributed by atoms with E-state index in [1.807, 2.05) is 0 Å². The third-order valence-electron chi connectivity index (χ3n) is 0. The van der Waals surface area contributed by atoms with E-state index in [2.05, 4.69) is 13.2 Å². The molecule has 38 valence electrons. The van der Waals surface area contributed by atoms with E-state index in [4.69, 9.17) is 0 Å². The van der Waals surface area contributed by atoms with Crippen molar-refractivity contribution in [2.45, 2.75) is 0 Å². The Balaban J connectivity index is -0.0000000480. The molecule has 0 bridgehead atoms. The standard InChI is InChI=1S/C2H3.CF3.Zn/c1-2;2-1(3)4;/h1H,2H2;;/q2*-1;+2. The largest absolute Gasteiger partial charge is 2.00 e. The fourth-order valence-corrected chi connectivity index (χ4v) is 0. The maximum absolute atomic E-state index is 9.58. The summed E-state index contributed by atoms with van der Waals surface area (Å²) in [7, 11) is 0. The molecular weight excluding hydrogens is 158 g/mol. The zero-order valence-electron chi connectivity index (χ0n) is 3.63. The van der Waals surface area contributed by atoms with Crippen LogP contribution >= 0.6 is 0 Å². The molecule has 0 aliphatic heterocycles. The van der Waals surface area contributed by atoms with Crippen LogP contribution in [0, 0.1) is 13.3 Å². The van der Waals surface area contributed by atoms with Crippen LogP contribution in [0.5, 0.6) is 0 Å². The van der Waals surface area contributed by atoms with Crippen molar-refractivity contribution < 1.29 is 32.6 Å². The number of rotatable bonds is 0. The average molecular weight is 161 g/mol. The van der Waals surface area contributed by atoms with Gasteiger partial charge in [0.1, 0.15) is 0 Å². The van der Waals surface area contributed by atoms with E-state index >= 15 is 0 Å². The Morgan fingerprint density at radius 3 is 1.14 bits per heavy atom. The molecule has 0 aliphatic carbocycles. The normalized spacial score (nSPS) is 5.71. The van der Waals surface area contributed by atoms with Crippen LogP contribution < -0.4 is 0 Å². The third kappa shape index (κ3) is 4510. The van der Waals surface area contributed by atoms with Gasteiger partial charge in [0.05, 0.1) is 0 Å². The second-order valence-corrected chi connectivity index (χ2v) is 0.214. The third-order valence-corrected chi connectivity index (χ3v) is 0. The molecule has 0 atom stereocenters. The van der Waals surface area contributed by atoms with Crippen molar-refractivity contribution in [1.29, 1.82) is 0 Å². The molecule has 0 aliphatic rings. The van der Waals surface area contributed by atoms with E-state index in [-0.39, 0.29) is 19.5 Å². The smallest absolute Gasteiger partial charge is 0.521 e. The van der Waals surface area contributed by atoms with Crippen molar-refractivity contribution in [3.63, 3.8) is 0 Å². The molecule has 0 N–H and O–H groups in total. The van der Waals surface area contributed by atoms with Crippen LogP contribution in [0.4, 0.5) is 13.2 Å². The van der Waals surface area contributed by atoms with Gasteiger partial charge < -0.3 is 19.8 Å². The Morgan fingerprint density at radius 2 is 1.14 bits per heavy atom. The Morgan fingerprint density at radius 1 is 1.14 bits per heavy atom. The van der Waals surface area contributed by atoms with E-state index in [0.717, 1.165) is 0 Å². The number of hydrogen-bond acceptors (Lipinski definition) is 0. The quantitative estimate of drug-likeness (QED) is 0.376. The second-order valence-electron chi connectivity index (χ2n) is 0.214. The molecule has 0 heterocycles. The zero-order chi connectivity index (χ0) is 5.58. The van der Waals surface area contributed by atoms with Crippen molar-refractivity contribution in [3.8, 4) is 0 Å². The van der Waals surface area contributed by atoms with E-state index in [9.17, 15) is 13.2 Å². The van der Waals surface area contributed by atoms with E-state index in [1.54, 1.807) is 0 Å². The molecule has 0 fully saturated rings. The fraction of sp³-hybridized carbons (Fsp3) is 0. The first-order chi connectivity index (χ1) is 2.73. The Kier molecular flexibility index (Phi) is 36.9. The average Bonchev–Trinajstić information content (AvgIpc) is 1.41. The van der Waals surface area contributed by atoms with Crippen molar-refractivity contribution in [1.82, 2.24) is 0 Å². The summed E-state index contributed by atoms with van der Waals surface area (Å²) in [5, 5.41) is 0. The molecule has 0 aromatic heterocycles. The SMILES string of the molecule is F[C-](F)F.[CH-]=C.[Zn+2]. The molecule has 0 unspecified atom stereocenters. The minimum Gasteiger partial charge on any atom is -0.521 e. The maximum atomic E-state index is 9.58. The summed E-state index contributed by atoms with van der Waals surface area (Å²) in [6, 6.07) is 0. The van der Waals surface area contributed by atoms with E-state index in [0.29, 0.717) is 0 Å². The first kappa shape index (κ1) is 15.7. The predicted molar refractivity (Wildman–Crippen MR) is 16.5 cm³/mol. The molecule has 0 nitrogen and oxygen atoms in total. The summed E-state index contributed by atoms with van der Waals surface area (Å²) in [5.41, 5.74) is 0. The predicted octanol–water partition coefficient (Wildman–Crippen LogP) is 1.94. The second kappa shape index (κ2) is 16.4. The minimum atomic E-state index is -3.08. The van der Waals surface area contributed by atoms with Gasteiger partial charge in [-0.05, 0) is 0 Å². The Hall–Kier alpha value is 0.153. The monoisotopic (exact) mass is 160 g/mol. The molecule has 4 heteroatoms. The number of hydrogen-bond donors (Lipinski definition) is 0. The summed E-state index contributed by atoms with van der Waals surface area (Å²) < 4.78 is 28.8. The van der Waals surface area contributed by atoms with Crippen molar-refractivity contribution >= 4 is 0 Å². The van der Waals surface area contributed by atoms with Gasteiger partial charge in [0.15, 0.2) is 6.68 Å². The van der Waals surface area contributed by atoms with Gasteiger partial charge in [-0.3, -0.25) is 6.58 Å². The molecule has 0 aromatic carbocycles. The van der Waals surface area contributed by atoms with Crippen LogP contribution in [0.2, 0.25) is 0 Å². The molecule has 0 amide bonds. The van der Waals surface area contributed by atoms with Gasteiger partial charge in [0.25, 0.3) is 0 Å². The first-order valence-corrected chi connectivity index (χ1v) is 0.975. The van der Waals surface area contributed by atoms with Crippen LogP contribution in [0.1, 0.15) is 0 Å².